The molecule has 18 heavy (non-hydrogen) atoms. The van der Waals surface area contributed by atoms with E-state index >= 15 is 0 Å². The highest BCUT2D eigenvalue weighted by Gasteiger charge is 2.23. The number of likely N-dealkylation sites (N-methyl/N-ethyl adjacent to an activating group) is 1. The van der Waals surface area contributed by atoms with E-state index < -0.39 is 0 Å². The quantitative estimate of drug-likeness (QED) is 0.567. The zero-order chi connectivity index (χ0) is 13.4. The molecule has 0 unspecified atom stereocenters. The van der Waals surface area contributed by atoms with Crippen LogP contribution >= 0.6 is 0 Å². The van der Waals surface area contributed by atoms with Crippen LogP contribution < -0.4 is 0 Å². The minimum atomic E-state index is -0.379. The zero-order valence-electron chi connectivity index (χ0n) is 10.9. The van der Waals surface area contributed by atoms with Crippen LogP contribution in [0.25, 0.3) is 0 Å². The van der Waals surface area contributed by atoms with Crippen molar-refractivity contribution in [2.24, 2.45) is 0 Å². The van der Waals surface area contributed by atoms with Crippen LogP contribution in [0.15, 0.2) is 30.3 Å². The first kappa shape index (κ1) is 14.3. The molecule has 0 spiro atoms. The van der Waals surface area contributed by atoms with Crippen LogP contribution in [-0.2, 0) is 16.1 Å². The molecule has 0 aliphatic rings. The highest BCUT2D eigenvalue weighted by molar-refractivity contribution is 5.76. The predicted octanol–water partition coefficient (Wildman–Crippen LogP) is 2.07. The number of esters is 1. The summed E-state index contributed by atoms with van der Waals surface area (Å²) in [5.74, 6) is 2.28. The smallest absolute Gasteiger partial charge is 0.324 e. The van der Waals surface area contributed by atoms with Gasteiger partial charge < -0.3 is 4.74 Å². The summed E-state index contributed by atoms with van der Waals surface area (Å²) in [4.78, 5) is 13.7. The number of hydrogen-bond acceptors (Lipinski definition) is 3. The Morgan fingerprint density at radius 1 is 1.44 bits per heavy atom. The van der Waals surface area contributed by atoms with Gasteiger partial charge in [0.25, 0.3) is 0 Å². The lowest BCUT2D eigenvalue weighted by molar-refractivity contribution is -0.149. The molecule has 3 nitrogen and oxygen atoms in total. The first-order valence-electron chi connectivity index (χ1n) is 6.03. The molecular weight excluding hydrogens is 226 g/mol. The normalized spacial score (nSPS) is 11.9. The summed E-state index contributed by atoms with van der Waals surface area (Å²) < 4.78 is 5.04. The van der Waals surface area contributed by atoms with Gasteiger partial charge >= 0.3 is 5.97 Å². The van der Waals surface area contributed by atoms with Crippen molar-refractivity contribution in [3.63, 3.8) is 0 Å². The number of ether oxygens (including phenoxy) is 1. The standard InChI is InChI=1S/C15H19NO2/c1-4-9-14(15(17)18-5-2)16(3)12-13-10-7-6-8-11-13/h1,6-8,10-11,14H,5,9,12H2,2-3H3/t14-/m1/s1. The van der Waals surface area contributed by atoms with Crippen molar-refractivity contribution >= 4 is 5.97 Å². The Bertz CT molecular complexity index is 408. The second kappa shape index (κ2) is 7.52. The van der Waals surface area contributed by atoms with Crippen LogP contribution in [0.5, 0.6) is 0 Å². The third-order valence-electron chi connectivity index (χ3n) is 2.68. The maximum Gasteiger partial charge on any atom is 0.324 e. The molecule has 0 radical (unpaired) electrons. The van der Waals surface area contributed by atoms with Crippen molar-refractivity contribution in [3.05, 3.63) is 35.9 Å². The summed E-state index contributed by atoms with van der Waals surface area (Å²) >= 11 is 0. The Kier molecular flexibility index (Phi) is 5.96. The van der Waals surface area contributed by atoms with E-state index in [1.54, 1.807) is 6.92 Å². The monoisotopic (exact) mass is 245 g/mol. The predicted molar refractivity (Wildman–Crippen MR) is 71.8 cm³/mol. The summed E-state index contributed by atoms with van der Waals surface area (Å²) in [7, 11) is 1.88. The van der Waals surface area contributed by atoms with E-state index in [4.69, 9.17) is 11.2 Å². The Morgan fingerprint density at radius 2 is 2.11 bits per heavy atom. The summed E-state index contributed by atoms with van der Waals surface area (Å²) in [5.41, 5.74) is 1.14. The number of rotatable bonds is 6. The Hall–Kier alpha value is -1.79. The fraction of sp³-hybridized carbons (Fsp3) is 0.400. The summed E-state index contributed by atoms with van der Waals surface area (Å²) in [6.07, 6.45) is 5.67. The fourth-order valence-corrected chi connectivity index (χ4v) is 1.75. The van der Waals surface area contributed by atoms with E-state index in [1.807, 2.05) is 42.3 Å². The number of terminal acetylenes is 1. The highest BCUT2D eigenvalue weighted by atomic mass is 16.5. The first-order valence-corrected chi connectivity index (χ1v) is 6.03. The van der Waals surface area contributed by atoms with Gasteiger partial charge in [-0.15, -0.1) is 12.3 Å². The lowest BCUT2D eigenvalue weighted by Crippen LogP contribution is -2.39. The van der Waals surface area contributed by atoms with Crippen molar-refractivity contribution in [1.29, 1.82) is 0 Å². The molecule has 1 aromatic rings. The number of nitrogens with zero attached hydrogens (tertiary/aromatic N) is 1. The van der Waals surface area contributed by atoms with Crippen molar-refractivity contribution in [2.75, 3.05) is 13.7 Å². The molecule has 0 saturated heterocycles. The van der Waals surface area contributed by atoms with E-state index in [2.05, 4.69) is 5.92 Å². The number of hydrogen-bond donors (Lipinski definition) is 0. The third-order valence-corrected chi connectivity index (χ3v) is 2.68. The van der Waals surface area contributed by atoms with Crippen molar-refractivity contribution < 1.29 is 9.53 Å². The lowest BCUT2D eigenvalue weighted by atomic mass is 10.1. The molecule has 1 atom stereocenters. The molecule has 1 aromatic carbocycles. The summed E-state index contributed by atoms with van der Waals surface area (Å²) in [6, 6.07) is 9.58. The van der Waals surface area contributed by atoms with Crippen LogP contribution in [0.3, 0.4) is 0 Å². The van der Waals surface area contributed by atoms with Crippen molar-refractivity contribution in [3.8, 4) is 12.3 Å². The minimum Gasteiger partial charge on any atom is -0.465 e. The molecule has 0 amide bonds. The molecule has 0 saturated carbocycles. The van der Waals surface area contributed by atoms with Gasteiger partial charge in [0.2, 0.25) is 0 Å². The van der Waals surface area contributed by atoms with Crippen LogP contribution in [0.4, 0.5) is 0 Å². The molecule has 0 heterocycles. The van der Waals surface area contributed by atoms with Gasteiger partial charge in [0.1, 0.15) is 6.04 Å². The van der Waals surface area contributed by atoms with E-state index in [0.29, 0.717) is 19.6 Å². The van der Waals surface area contributed by atoms with Crippen LogP contribution in [0, 0.1) is 12.3 Å². The maximum atomic E-state index is 11.8. The van der Waals surface area contributed by atoms with E-state index in [9.17, 15) is 4.79 Å². The van der Waals surface area contributed by atoms with Gasteiger partial charge in [0, 0.05) is 13.0 Å². The molecule has 0 aromatic heterocycles. The Morgan fingerprint density at radius 3 is 2.67 bits per heavy atom. The van der Waals surface area contributed by atoms with Crippen molar-refractivity contribution in [1.82, 2.24) is 4.90 Å². The molecule has 3 heteroatoms. The van der Waals surface area contributed by atoms with Crippen LogP contribution in [-0.4, -0.2) is 30.6 Å². The lowest BCUT2D eigenvalue weighted by Gasteiger charge is -2.24. The van der Waals surface area contributed by atoms with Gasteiger partial charge in [-0.05, 0) is 19.5 Å². The zero-order valence-corrected chi connectivity index (χ0v) is 10.9. The minimum absolute atomic E-state index is 0.256. The third kappa shape index (κ3) is 4.23. The fourth-order valence-electron chi connectivity index (χ4n) is 1.75. The van der Waals surface area contributed by atoms with Gasteiger partial charge in [-0.1, -0.05) is 30.3 Å². The Balaban J connectivity index is 2.68. The van der Waals surface area contributed by atoms with E-state index in [0.717, 1.165) is 5.56 Å². The second-order valence-electron chi connectivity index (χ2n) is 4.08. The summed E-state index contributed by atoms with van der Waals surface area (Å²) in [6.45, 7) is 2.84. The molecule has 0 aliphatic carbocycles. The number of benzene rings is 1. The van der Waals surface area contributed by atoms with Gasteiger partial charge in [0.15, 0.2) is 0 Å². The first-order chi connectivity index (χ1) is 8.69. The van der Waals surface area contributed by atoms with Gasteiger partial charge in [-0.25, -0.2) is 0 Å². The SMILES string of the molecule is C#CC[C@H](C(=O)OCC)N(C)Cc1ccccc1. The molecular formula is C15H19NO2. The largest absolute Gasteiger partial charge is 0.465 e. The van der Waals surface area contributed by atoms with Gasteiger partial charge in [-0.2, -0.15) is 0 Å². The molecule has 0 aliphatic heterocycles. The molecule has 0 fully saturated rings. The average molecular weight is 245 g/mol. The maximum absolute atomic E-state index is 11.8. The molecule has 0 bridgehead atoms. The van der Waals surface area contributed by atoms with E-state index in [1.165, 1.54) is 0 Å². The number of carbonyl (C=O) groups is 1. The summed E-state index contributed by atoms with van der Waals surface area (Å²) in [5, 5.41) is 0. The molecule has 1 rings (SSSR count). The van der Waals surface area contributed by atoms with Gasteiger partial charge in [0.05, 0.1) is 6.61 Å². The van der Waals surface area contributed by atoms with E-state index in [-0.39, 0.29) is 12.0 Å². The molecule has 96 valence electrons. The van der Waals surface area contributed by atoms with Crippen LogP contribution in [0.1, 0.15) is 18.9 Å². The average Bonchev–Trinajstić information content (AvgIpc) is 2.37. The Labute approximate surface area is 109 Å². The topological polar surface area (TPSA) is 29.5 Å². The van der Waals surface area contributed by atoms with Gasteiger partial charge in [-0.3, -0.25) is 9.69 Å². The second-order valence-corrected chi connectivity index (χ2v) is 4.08. The number of carbonyl (C=O) groups excluding carboxylic acids is 1. The molecule has 0 N–H and O–H groups in total. The van der Waals surface area contributed by atoms with Crippen LogP contribution in [0.2, 0.25) is 0 Å². The van der Waals surface area contributed by atoms with Crippen molar-refractivity contribution in [2.45, 2.75) is 25.9 Å². The highest BCUT2D eigenvalue weighted by Crippen LogP contribution is 2.10.